The van der Waals surface area contributed by atoms with Gasteiger partial charge in [-0.05, 0) is 18.1 Å². The van der Waals surface area contributed by atoms with Crippen LogP contribution in [0.1, 0.15) is 5.56 Å². The van der Waals surface area contributed by atoms with Crippen molar-refractivity contribution in [1.29, 1.82) is 0 Å². The summed E-state index contributed by atoms with van der Waals surface area (Å²) in [7, 11) is 3.84. The second-order valence-electron chi connectivity index (χ2n) is 3.81. The molecule has 0 radical (unpaired) electrons. The summed E-state index contributed by atoms with van der Waals surface area (Å²) in [6, 6.07) is 2.07. The molecule has 16 heavy (non-hydrogen) atoms. The summed E-state index contributed by atoms with van der Waals surface area (Å²) >= 11 is 0. The van der Waals surface area contributed by atoms with E-state index in [-0.39, 0.29) is 0 Å². The van der Waals surface area contributed by atoms with E-state index >= 15 is 0 Å². The topological polar surface area (TPSA) is 75.8 Å². The first-order chi connectivity index (χ1) is 7.68. The average Bonchev–Trinajstić information content (AvgIpc) is 2.88. The summed E-state index contributed by atoms with van der Waals surface area (Å²) in [6.45, 7) is 0.879. The van der Waals surface area contributed by atoms with Crippen molar-refractivity contribution >= 4 is 11.9 Å². The number of hydrogen-bond donors (Lipinski definition) is 2. The molecule has 2 heterocycles. The van der Waals surface area contributed by atoms with Gasteiger partial charge in [-0.1, -0.05) is 0 Å². The van der Waals surface area contributed by atoms with Gasteiger partial charge in [0.1, 0.15) is 0 Å². The fourth-order valence-electron chi connectivity index (χ4n) is 1.58. The van der Waals surface area contributed by atoms with Gasteiger partial charge in [-0.2, -0.15) is 0 Å². The van der Waals surface area contributed by atoms with Crippen LogP contribution in [0.3, 0.4) is 0 Å². The van der Waals surface area contributed by atoms with Crippen molar-refractivity contribution in [1.82, 2.24) is 19.7 Å². The molecule has 2 aromatic rings. The van der Waals surface area contributed by atoms with Gasteiger partial charge in [0.15, 0.2) is 0 Å². The Morgan fingerprint density at radius 2 is 2.31 bits per heavy atom. The van der Waals surface area contributed by atoms with Gasteiger partial charge >= 0.3 is 0 Å². The number of anilines is 2. The van der Waals surface area contributed by atoms with Crippen LogP contribution in [0, 0.1) is 0 Å². The van der Waals surface area contributed by atoms with E-state index in [1.165, 1.54) is 5.56 Å². The second kappa shape index (κ2) is 4.26. The highest BCUT2D eigenvalue weighted by Crippen LogP contribution is 2.11. The number of nitrogens with one attached hydrogen (secondary N) is 1. The van der Waals surface area contributed by atoms with E-state index in [0.29, 0.717) is 5.95 Å². The summed E-state index contributed by atoms with van der Waals surface area (Å²) in [5.41, 5.74) is 6.91. The van der Waals surface area contributed by atoms with E-state index in [1.807, 2.05) is 31.4 Å². The molecule has 0 saturated heterocycles. The van der Waals surface area contributed by atoms with Gasteiger partial charge in [-0.15, -0.1) is 10.2 Å². The second-order valence-corrected chi connectivity index (χ2v) is 3.81. The number of rotatable bonds is 4. The Balaban J connectivity index is 1.98. The average molecular weight is 220 g/mol. The Kier molecular flexibility index (Phi) is 2.80. The van der Waals surface area contributed by atoms with Gasteiger partial charge in [0.25, 0.3) is 0 Å². The van der Waals surface area contributed by atoms with Crippen LogP contribution in [-0.4, -0.2) is 33.3 Å². The minimum absolute atomic E-state index is 0.434. The molecule has 0 aliphatic heterocycles. The zero-order chi connectivity index (χ0) is 11.5. The van der Waals surface area contributed by atoms with E-state index < -0.39 is 0 Å². The summed E-state index contributed by atoms with van der Waals surface area (Å²) in [5.74, 6) is 1.22. The summed E-state index contributed by atoms with van der Waals surface area (Å²) in [6.07, 6.45) is 4.89. The Morgan fingerprint density at radius 1 is 1.50 bits per heavy atom. The van der Waals surface area contributed by atoms with Gasteiger partial charge in [0, 0.05) is 33.0 Å². The summed E-state index contributed by atoms with van der Waals surface area (Å²) in [5, 5.41) is 7.85. The van der Waals surface area contributed by atoms with Crippen molar-refractivity contribution in [3.8, 4) is 0 Å². The summed E-state index contributed by atoms with van der Waals surface area (Å²) in [4.78, 5) is 5.08. The molecular formula is C10H16N6. The smallest absolute Gasteiger partial charge is 0.228 e. The van der Waals surface area contributed by atoms with Crippen LogP contribution in [0.5, 0.6) is 0 Å². The predicted octanol–water partition coefficient (Wildman–Crippen LogP) is 0.404. The van der Waals surface area contributed by atoms with Crippen LogP contribution in [0.15, 0.2) is 18.5 Å². The normalized spacial score (nSPS) is 10.6. The lowest BCUT2D eigenvalue weighted by Gasteiger charge is -2.16. The Labute approximate surface area is 94.1 Å². The highest BCUT2D eigenvalue weighted by molar-refractivity contribution is 5.35. The molecule has 2 rings (SSSR count). The fraction of sp³-hybridized carbons (Fsp3) is 0.400. The maximum atomic E-state index is 5.63. The number of likely N-dealkylation sites (N-methyl/N-ethyl adjacent to an activating group) is 1. The molecule has 0 aromatic carbocycles. The largest absolute Gasteiger partial charge is 0.368 e. The molecule has 2 aromatic heterocycles. The van der Waals surface area contributed by atoms with Crippen LogP contribution in [0.2, 0.25) is 0 Å². The van der Waals surface area contributed by atoms with Gasteiger partial charge < -0.3 is 15.6 Å². The highest BCUT2D eigenvalue weighted by atomic mass is 15.4. The van der Waals surface area contributed by atoms with E-state index in [9.17, 15) is 0 Å². The van der Waals surface area contributed by atoms with Gasteiger partial charge in [0.2, 0.25) is 11.9 Å². The predicted molar refractivity (Wildman–Crippen MR) is 63.2 cm³/mol. The maximum Gasteiger partial charge on any atom is 0.228 e. The van der Waals surface area contributed by atoms with Crippen molar-refractivity contribution in [3.63, 3.8) is 0 Å². The third-order valence-corrected chi connectivity index (χ3v) is 2.63. The van der Waals surface area contributed by atoms with Crippen molar-refractivity contribution in [2.45, 2.75) is 6.42 Å². The number of nitrogen functional groups attached to an aromatic ring is 1. The number of aromatic nitrogens is 4. The number of H-pyrrole nitrogens is 1. The van der Waals surface area contributed by atoms with E-state index in [1.54, 1.807) is 4.57 Å². The van der Waals surface area contributed by atoms with Crippen LogP contribution >= 0.6 is 0 Å². The first-order valence-electron chi connectivity index (χ1n) is 5.16. The minimum atomic E-state index is 0.434. The standard InChI is InChI=1S/C10H16N6/c1-15(6-4-8-3-5-12-7-8)10-14-13-9(11)16(10)2/h3,5,7,12H,4,6H2,1-2H3,(H2,11,13). The Morgan fingerprint density at radius 3 is 2.88 bits per heavy atom. The number of nitrogens with two attached hydrogens (primary N) is 1. The molecule has 0 bridgehead atoms. The van der Waals surface area contributed by atoms with Crippen molar-refractivity contribution < 1.29 is 0 Å². The summed E-state index contributed by atoms with van der Waals surface area (Å²) < 4.78 is 1.77. The third-order valence-electron chi connectivity index (χ3n) is 2.63. The molecule has 0 atom stereocenters. The molecule has 0 spiro atoms. The monoisotopic (exact) mass is 220 g/mol. The lowest BCUT2D eigenvalue weighted by molar-refractivity contribution is 0.795. The molecule has 6 nitrogen and oxygen atoms in total. The third kappa shape index (κ3) is 2.00. The molecular weight excluding hydrogens is 204 g/mol. The van der Waals surface area contributed by atoms with E-state index in [0.717, 1.165) is 18.9 Å². The molecule has 0 saturated carbocycles. The van der Waals surface area contributed by atoms with E-state index in [4.69, 9.17) is 5.73 Å². The zero-order valence-electron chi connectivity index (χ0n) is 9.51. The Bertz CT molecular complexity index is 444. The van der Waals surface area contributed by atoms with Crippen LogP contribution in [0.4, 0.5) is 11.9 Å². The quantitative estimate of drug-likeness (QED) is 0.782. The number of nitrogens with zero attached hydrogens (tertiary/aromatic N) is 4. The molecule has 6 heteroatoms. The van der Waals surface area contributed by atoms with E-state index in [2.05, 4.69) is 21.2 Å². The van der Waals surface area contributed by atoms with Gasteiger partial charge in [-0.25, -0.2) is 0 Å². The molecule has 0 amide bonds. The molecule has 0 fully saturated rings. The Hall–Kier alpha value is -1.98. The highest BCUT2D eigenvalue weighted by Gasteiger charge is 2.10. The van der Waals surface area contributed by atoms with Crippen LogP contribution in [0.25, 0.3) is 0 Å². The van der Waals surface area contributed by atoms with Crippen molar-refractivity contribution in [3.05, 3.63) is 24.0 Å². The van der Waals surface area contributed by atoms with Crippen molar-refractivity contribution in [2.75, 3.05) is 24.2 Å². The van der Waals surface area contributed by atoms with Crippen LogP contribution in [-0.2, 0) is 13.5 Å². The molecule has 0 aliphatic rings. The molecule has 0 aliphatic carbocycles. The van der Waals surface area contributed by atoms with Crippen LogP contribution < -0.4 is 10.6 Å². The number of aromatic amines is 1. The first kappa shape index (κ1) is 10.5. The SMILES string of the molecule is CN(CCc1cc[nH]c1)c1nnc(N)n1C. The molecule has 0 unspecified atom stereocenters. The first-order valence-corrected chi connectivity index (χ1v) is 5.16. The van der Waals surface area contributed by atoms with Gasteiger partial charge in [-0.3, -0.25) is 4.57 Å². The molecule has 86 valence electrons. The lowest BCUT2D eigenvalue weighted by atomic mass is 10.2. The zero-order valence-corrected chi connectivity index (χ0v) is 9.51. The fourth-order valence-corrected chi connectivity index (χ4v) is 1.58. The maximum absolute atomic E-state index is 5.63. The van der Waals surface area contributed by atoms with Crippen molar-refractivity contribution in [2.24, 2.45) is 7.05 Å². The number of hydrogen-bond acceptors (Lipinski definition) is 4. The molecule has 3 N–H and O–H groups in total. The minimum Gasteiger partial charge on any atom is -0.368 e. The van der Waals surface area contributed by atoms with Gasteiger partial charge in [0.05, 0.1) is 0 Å². The lowest BCUT2D eigenvalue weighted by Crippen LogP contribution is -2.23.